The minimum Gasteiger partial charge on any atom is -0.756 e. The summed E-state index contributed by atoms with van der Waals surface area (Å²) in [6, 6.07) is 0. The summed E-state index contributed by atoms with van der Waals surface area (Å²) < 4.78 is 34.0. The van der Waals surface area contributed by atoms with Gasteiger partial charge in [0.2, 0.25) is 0 Å². The molecule has 0 radical (unpaired) electrons. The molecule has 10 heteroatoms. The van der Waals surface area contributed by atoms with Crippen LogP contribution in [0.15, 0.2) is 97.2 Å². The van der Waals surface area contributed by atoms with Gasteiger partial charge in [0.1, 0.15) is 19.8 Å². The molecule has 426 valence electrons. The maximum absolute atomic E-state index is 12.8. The van der Waals surface area contributed by atoms with Crippen LogP contribution in [0, 0.1) is 0 Å². The Morgan fingerprint density at radius 3 is 1.14 bits per heavy atom. The number of hydrogen-bond donors (Lipinski definition) is 0. The van der Waals surface area contributed by atoms with Gasteiger partial charge in [-0.15, -0.1) is 0 Å². The molecule has 0 aliphatic heterocycles. The number of hydrogen-bond acceptors (Lipinski definition) is 8. The summed E-state index contributed by atoms with van der Waals surface area (Å²) in [5, 5.41) is 0. The number of unbranched alkanes of at least 4 members (excludes halogenated alkanes) is 24. The first-order chi connectivity index (χ1) is 36.0. The fourth-order valence-corrected chi connectivity index (χ4v) is 8.80. The van der Waals surface area contributed by atoms with Crippen molar-refractivity contribution in [3.63, 3.8) is 0 Å². The number of esters is 2. The highest BCUT2D eigenvalue weighted by Crippen LogP contribution is 2.38. The minimum absolute atomic E-state index is 0.0434. The van der Waals surface area contributed by atoms with E-state index in [0.29, 0.717) is 23.9 Å². The van der Waals surface area contributed by atoms with Crippen LogP contribution >= 0.6 is 7.82 Å². The molecule has 74 heavy (non-hydrogen) atoms. The molecule has 0 saturated heterocycles. The van der Waals surface area contributed by atoms with Crippen LogP contribution in [-0.4, -0.2) is 70.0 Å². The van der Waals surface area contributed by atoms with Crippen LogP contribution in [0.4, 0.5) is 0 Å². The summed E-state index contributed by atoms with van der Waals surface area (Å²) in [6.45, 7) is 3.93. The zero-order valence-electron chi connectivity index (χ0n) is 48.3. The van der Waals surface area contributed by atoms with Gasteiger partial charge >= 0.3 is 11.9 Å². The molecule has 2 atom stereocenters. The van der Waals surface area contributed by atoms with Gasteiger partial charge in [0.05, 0.1) is 27.7 Å². The fraction of sp³-hybridized carbons (Fsp3) is 0.719. The second kappa shape index (κ2) is 54.7. The summed E-state index contributed by atoms with van der Waals surface area (Å²) in [7, 11) is 1.13. The zero-order valence-corrected chi connectivity index (χ0v) is 49.2. The highest BCUT2D eigenvalue weighted by molar-refractivity contribution is 7.45. The summed E-state index contributed by atoms with van der Waals surface area (Å²) in [6.07, 6.45) is 75.1. The third kappa shape index (κ3) is 58.2. The molecule has 0 aromatic rings. The van der Waals surface area contributed by atoms with E-state index < -0.39 is 32.5 Å². The van der Waals surface area contributed by atoms with Gasteiger partial charge in [0.15, 0.2) is 6.10 Å². The van der Waals surface area contributed by atoms with Crippen molar-refractivity contribution in [1.82, 2.24) is 0 Å². The molecule has 0 N–H and O–H groups in total. The molecule has 0 spiro atoms. The lowest BCUT2D eigenvalue weighted by atomic mass is 10.0. The number of allylic oxidation sites excluding steroid dienone is 16. The highest BCUT2D eigenvalue weighted by atomic mass is 31.2. The number of ether oxygens (including phenoxy) is 2. The highest BCUT2D eigenvalue weighted by Gasteiger charge is 2.21. The fourth-order valence-electron chi connectivity index (χ4n) is 8.07. The van der Waals surface area contributed by atoms with E-state index in [1.165, 1.54) is 135 Å². The van der Waals surface area contributed by atoms with Gasteiger partial charge in [-0.1, -0.05) is 252 Å². The first-order valence-electron chi connectivity index (χ1n) is 29.9. The van der Waals surface area contributed by atoms with Crippen LogP contribution in [0.3, 0.4) is 0 Å². The topological polar surface area (TPSA) is 111 Å². The monoisotopic (exact) mass is 1050 g/mol. The second-order valence-corrected chi connectivity index (χ2v) is 22.4. The average molecular weight is 1050 g/mol. The molecule has 0 fully saturated rings. The van der Waals surface area contributed by atoms with Crippen molar-refractivity contribution in [3.8, 4) is 0 Å². The molecular weight excluding hydrogens is 942 g/mol. The van der Waals surface area contributed by atoms with Crippen LogP contribution in [-0.2, 0) is 32.7 Å². The van der Waals surface area contributed by atoms with Crippen molar-refractivity contribution in [3.05, 3.63) is 97.2 Å². The number of nitrogens with zero attached hydrogens (tertiary/aromatic N) is 1. The van der Waals surface area contributed by atoms with E-state index in [-0.39, 0.29) is 26.1 Å². The summed E-state index contributed by atoms with van der Waals surface area (Å²) in [5.41, 5.74) is 0. The maximum atomic E-state index is 12.8. The Kier molecular flexibility index (Phi) is 52.4. The molecule has 9 nitrogen and oxygen atoms in total. The van der Waals surface area contributed by atoms with Crippen LogP contribution in [0.25, 0.3) is 0 Å². The molecule has 0 amide bonds. The van der Waals surface area contributed by atoms with Crippen molar-refractivity contribution < 1.29 is 42.1 Å². The lowest BCUT2D eigenvalue weighted by molar-refractivity contribution is -0.870. The van der Waals surface area contributed by atoms with E-state index >= 15 is 0 Å². The molecule has 0 aromatic carbocycles. The molecule has 0 bridgehead atoms. The largest absolute Gasteiger partial charge is 0.756 e. The smallest absolute Gasteiger partial charge is 0.306 e. The van der Waals surface area contributed by atoms with Gasteiger partial charge in [0, 0.05) is 12.8 Å². The second-order valence-electron chi connectivity index (χ2n) is 20.9. The van der Waals surface area contributed by atoms with Crippen LogP contribution in [0.5, 0.6) is 0 Å². The molecule has 0 aliphatic carbocycles. The number of phosphoric ester groups is 1. The van der Waals surface area contributed by atoms with Crippen molar-refractivity contribution in [2.24, 2.45) is 0 Å². The van der Waals surface area contributed by atoms with E-state index in [0.717, 1.165) is 70.6 Å². The maximum Gasteiger partial charge on any atom is 0.306 e. The third-order valence-corrected chi connectivity index (χ3v) is 13.6. The van der Waals surface area contributed by atoms with Gasteiger partial charge in [-0.05, 0) is 77.0 Å². The normalized spacial score (nSPS) is 14.0. The summed E-state index contributed by atoms with van der Waals surface area (Å²) >= 11 is 0. The summed E-state index contributed by atoms with van der Waals surface area (Å²) in [5.74, 6) is -0.926. The molecular formula is C64H112NO8P. The predicted molar refractivity (Wildman–Crippen MR) is 314 cm³/mol. The average Bonchev–Trinajstić information content (AvgIpc) is 3.36. The number of carbonyl (C=O) groups is 2. The molecule has 0 rings (SSSR count). The number of phosphoric acid groups is 1. The SMILES string of the molecule is CC/C=C\C/C=C\C/C=C\C/C=C\CCCCCCCCCCCCCCCCCCCCCCCCCCC(=O)OC(COC(=O)CC/C=C\C/C=C\C/C=C\C/C=C\CC)COP(=O)([O-])OCC[N+](C)(C)C. The van der Waals surface area contributed by atoms with E-state index in [4.69, 9.17) is 18.5 Å². The Morgan fingerprint density at radius 2 is 0.757 bits per heavy atom. The number of quaternary nitrogens is 1. The van der Waals surface area contributed by atoms with E-state index in [9.17, 15) is 19.0 Å². The first kappa shape index (κ1) is 70.9. The van der Waals surface area contributed by atoms with E-state index in [2.05, 4.69) is 98.9 Å². The van der Waals surface area contributed by atoms with Crippen LogP contribution in [0.1, 0.15) is 245 Å². The van der Waals surface area contributed by atoms with Gasteiger partial charge in [-0.2, -0.15) is 0 Å². The van der Waals surface area contributed by atoms with Crippen LogP contribution < -0.4 is 4.89 Å². The van der Waals surface area contributed by atoms with Gasteiger partial charge < -0.3 is 27.9 Å². The Bertz CT molecular complexity index is 1570. The lowest BCUT2D eigenvalue weighted by Gasteiger charge is -2.28. The van der Waals surface area contributed by atoms with Gasteiger partial charge in [0.25, 0.3) is 7.82 Å². The number of rotatable bonds is 54. The predicted octanol–water partition coefficient (Wildman–Crippen LogP) is 18.2. The van der Waals surface area contributed by atoms with Crippen LogP contribution in [0.2, 0.25) is 0 Å². The zero-order chi connectivity index (χ0) is 54.2. The molecule has 0 saturated carbocycles. The van der Waals surface area contributed by atoms with Gasteiger partial charge in [-0.3, -0.25) is 14.2 Å². The third-order valence-electron chi connectivity index (χ3n) is 12.6. The molecule has 0 heterocycles. The quantitative estimate of drug-likeness (QED) is 0.0195. The Hall–Kier alpha value is -3.07. The Labute approximate surface area is 455 Å². The first-order valence-corrected chi connectivity index (χ1v) is 31.4. The Morgan fingerprint density at radius 1 is 0.419 bits per heavy atom. The summed E-state index contributed by atoms with van der Waals surface area (Å²) in [4.78, 5) is 37.7. The van der Waals surface area contributed by atoms with Crippen molar-refractivity contribution in [2.75, 3.05) is 47.5 Å². The van der Waals surface area contributed by atoms with Crippen molar-refractivity contribution in [1.29, 1.82) is 0 Å². The number of carbonyl (C=O) groups excluding carboxylic acids is 2. The van der Waals surface area contributed by atoms with E-state index in [1.54, 1.807) is 0 Å². The minimum atomic E-state index is -4.65. The molecule has 0 aliphatic rings. The standard InChI is InChI=1S/C64H112NO8P/c1-6-8-10-12-14-16-18-20-21-22-23-24-25-26-27-28-29-30-31-32-33-34-35-36-37-38-39-40-41-42-43-45-47-49-51-53-55-57-64(67)73-62(61-72-74(68,69)71-59-58-65(3,4)5)60-70-63(66)56-54-52-50-48-46-44-19-17-15-13-11-9-7-2/h8-11,14-17,20-21,23-24,44,46,50,52,62H,6-7,12-13,18-19,22,25-43,45,47-49,51,53-61H2,1-5H3/b10-8-,11-9-,16-14-,17-15-,21-20-,24-23-,46-44-,52-50-. The molecule has 2 unspecified atom stereocenters. The van der Waals surface area contributed by atoms with Crippen molar-refractivity contribution >= 4 is 19.8 Å². The number of likely N-dealkylation sites (N-methyl/N-ethyl adjacent to an activating group) is 1. The van der Waals surface area contributed by atoms with E-state index in [1.807, 2.05) is 33.3 Å². The molecule has 0 aromatic heterocycles. The Balaban J connectivity index is 3.97. The van der Waals surface area contributed by atoms with Crippen molar-refractivity contribution in [2.45, 2.75) is 251 Å². The van der Waals surface area contributed by atoms with Gasteiger partial charge in [-0.25, -0.2) is 0 Å². The lowest BCUT2D eigenvalue weighted by Crippen LogP contribution is -2.37.